The summed E-state index contributed by atoms with van der Waals surface area (Å²) < 4.78 is 10.3. The zero-order chi connectivity index (χ0) is 11.4. The Balaban J connectivity index is 2.05. The van der Waals surface area contributed by atoms with Gasteiger partial charge >= 0.3 is 0 Å². The highest BCUT2D eigenvalue weighted by Crippen LogP contribution is 2.21. The van der Waals surface area contributed by atoms with Crippen LogP contribution >= 0.6 is 0 Å². The lowest BCUT2D eigenvalue weighted by Gasteiger charge is -1.95. The van der Waals surface area contributed by atoms with Gasteiger partial charge in [-0.1, -0.05) is 12.1 Å². The second-order valence-electron chi connectivity index (χ2n) is 3.27. The Hall–Kier alpha value is -1.89. The number of nitrogens with one attached hydrogen (secondary N) is 1. The summed E-state index contributed by atoms with van der Waals surface area (Å²) in [6.45, 7) is 3.06. The van der Waals surface area contributed by atoms with Crippen LogP contribution in [-0.4, -0.2) is 26.9 Å². The Bertz CT molecular complexity index is 450. The average molecular weight is 223 g/mol. The number of hydrogen-bond acceptors (Lipinski definition) is 6. The van der Waals surface area contributed by atoms with E-state index in [1.165, 1.54) is 0 Å². The number of hydrogen-bond donors (Lipinski definition) is 2. The average Bonchev–Trinajstić information content (AvgIpc) is 2.87. The summed E-state index contributed by atoms with van der Waals surface area (Å²) >= 11 is 0. The molecule has 0 radical (unpaired) electrons. The normalized spacial score (nSPS) is 10.8. The lowest BCUT2D eigenvalue weighted by molar-refractivity contribution is 0.114. The van der Waals surface area contributed by atoms with E-state index in [2.05, 4.69) is 20.3 Å². The van der Waals surface area contributed by atoms with Crippen molar-refractivity contribution in [2.24, 2.45) is 0 Å². The fourth-order valence-corrected chi connectivity index (χ4v) is 1.20. The molecule has 16 heavy (non-hydrogen) atoms. The van der Waals surface area contributed by atoms with Crippen LogP contribution in [0.15, 0.2) is 10.7 Å². The summed E-state index contributed by atoms with van der Waals surface area (Å²) in [4.78, 5) is 4.14. The van der Waals surface area contributed by atoms with Crippen molar-refractivity contribution in [3.05, 3.63) is 12.0 Å². The van der Waals surface area contributed by atoms with Crippen molar-refractivity contribution in [3.63, 3.8) is 0 Å². The van der Waals surface area contributed by atoms with Crippen LogP contribution in [0.3, 0.4) is 0 Å². The molecule has 0 saturated carbocycles. The summed E-state index contributed by atoms with van der Waals surface area (Å²) in [6.07, 6.45) is 2.50. The van der Waals surface area contributed by atoms with Gasteiger partial charge in [0, 0.05) is 6.61 Å². The van der Waals surface area contributed by atoms with Crippen LogP contribution in [0.2, 0.25) is 0 Å². The molecule has 0 saturated heterocycles. The number of H-pyrrole nitrogens is 1. The fraction of sp³-hybridized carbons (Fsp3) is 0.444. The van der Waals surface area contributed by atoms with E-state index >= 15 is 0 Å². The molecule has 86 valence electrons. The molecule has 3 N–H and O–H groups in total. The molecule has 7 heteroatoms. The van der Waals surface area contributed by atoms with Gasteiger partial charge in [0.25, 0.3) is 5.89 Å². The first-order valence-electron chi connectivity index (χ1n) is 5.00. The molecule has 2 rings (SSSR count). The summed E-state index contributed by atoms with van der Waals surface area (Å²) in [5.74, 6) is 1.26. The third-order valence-electron chi connectivity index (χ3n) is 1.95. The Morgan fingerprint density at radius 3 is 3.12 bits per heavy atom. The smallest absolute Gasteiger partial charge is 0.263 e. The quantitative estimate of drug-likeness (QED) is 0.732. The first-order valence-corrected chi connectivity index (χ1v) is 5.00. The Morgan fingerprint density at radius 2 is 2.44 bits per heavy atom. The van der Waals surface area contributed by atoms with E-state index in [-0.39, 0.29) is 0 Å². The first-order chi connectivity index (χ1) is 7.81. The number of rotatable bonds is 5. The van der Waals surface area contributed by atoms with Gasteiger partial charge in [0.1, 0.15) is 18.0 Å². The van der Waals surface area contributed by atoms with E-state index in [0.717, 1.165) is 6.42 Å². The summed E-state index contributed by atoms with van der Waals surface area (Å²) in [6, 6.07) is 0. The molecule has 2 aromatic heterocycles. The van der Waals surface area contributed by atoms with Crippen LogP contribution in [0.1, 0.15) is 19.2 Å². The molecule has 7 nitrogen and oxygen atoms in total. The van der Waals surface area contributed by atoms with Gasteiger partial charge in [-0.05, 0) is 6.42 Å². The van der Waals surface area contributed by atoms with Crippen LogP contribution in [0.5, 0.6) is 0 Å². The van der Waals surface area contributed by atoms with E-state index in [1.807, 2.05) is 6.92 Å². The number of nitrogens with zero attached hydrogens (tertiary/aromatic N) is 3. The monoisotopic (exact) mass is 223 g/mol. The molecule has 2 heterocycles. The predicted molar refractivity (Wildman–Crippen MR) is 56.2 cm³/mol. The van der Waals surface area contributed by atoms with E-state index in [9.17, 15) is 0 Å². The third-order valence-corrected chi connectivity index (χ3v) is 1.95. The molecule has 0 bridgehead atoms. The number of ether oxygens (including phenoxy) is 1. The minimum absolute atomic E-state index is 0.342. The zero-order valence-corrected chi connectivity index (χ0v) is 8.93. The lowest BCUT2D eigenvalue weighted by atomic mass is 10.3. The van der Waals surface area contributed by atoms with Crippen LogP contribution in [-0.2, 0) is 11.3 Å². The first kappa shape index (κ1) is 10.6. The third kappa shape index (κ3) is 2.19. The molecular formula is C9H13N5O2. The highest BCUT2D eigenvalue weighted by Gasteiger charge is 2.12. The van der Waals surface area contributed by atoms with Gasteiger partial charge in [0.2, 0.25) is 0 Å². The molecular weight excluding hydrogens is 210 g/mol. The standard InChI is InChI=1S/C9H13N5O2/c1-2-3-15-5-7-12-9(16-14-7)6-4-11-13-8(6)10/h4H,2-3,5H2,1H3,(H3,10,11,13). The summed E-state index contributed by atoms with van der Waals surface area (Å²) in [5, 5.41) is 10.1. The summed E-state index contributed by atoms with van der Waals surface area (Å²) in [7, 11) is 0. The van der Waals surface area contributed by atoms with Crippen molar-refractivity contribution in [1.29, 1.82) is 0 Å². The highest BCUT2D eigenvalue weighted by atomic mass is 16.5. The van der Waals surface area contributed by atoms with E-state index in [4.69, 9.17) is 15.0 Å². The minimum Gasteiger partial charge on any atom is -0.383 e. The highest BCUT2D eigenvalue weighted by molar-refractivity contribution is 5.65. The number of anilines is 1. The predicted octanol–water partition coefficient (Wildman–Crippen LogP) is 0.968. The molecule has 0 atom stereocenters. The van der Waals surface area contributed by atoms with Gasteiger partial charge in [0.15, 0.2) is 5.82 Å². The molecule has 0 aliphatic rings. The van der Waals surface area contributed by atoms with Crippen molar-refractivity contribution < 1.29 is 9.26 Å². The molecule has 2 aromatic rings. The molecule has 0 unspecified atom stereocenters. The van der Waals surface area contributed by atoms with E-state index in [0.29, 0.717) is 36.3 Å². The zero-order valence-electron chi connectivity index (χ0n) is 8.93. The molecule has 0 amide bonds. The largest absolute Gasteiger partial charge is 0.383 e. The Kier molecular flexibility index (Phi) is 3.16. The summed E-state index contributed by atoms with van der Waals surface area (Å²) in [5.41, 5.74) is 6.23. The van der Waals surface area contributed by atoms with Crippen LogP contribution in [0, 0.1) is 0 Å². The van der Waals surface area contributed by atoms with Gasteiger partial charge in [0.05, 0.1) is 6.20 Å². The molecule has 0 aliphatic carbocycles. The molecule has 0 aromatic carbocycles. The molecule has 0 aliphatic heterocycles. The number of nitrogens with two attached hydrogens (primary N) is 1. The number of nitrogen functional groups attached to an aromatic ring is 1. The maximum Gasteiger partial charge on any atom is 0.263 e. The van der Waals surface area contributed by atoms with Crippen molar-refractivity contribution in [1.82, 2.24) is 20.3 Å². The number of aromatic nitrogens is 4. The fourth-order valence-electron chi connectivity index (χ4n) is 1.20. The van der Waals surface area contributed by atoms with Gasteiger partial charge in [-0.25, -0.2) is 0 Å². The van der Waals surface area contributed by atoms with Gasteiger partial charge in [-0.3, -0.25) is 5.10 Å². The molecule has 0 spiro atoms. The SMILES string of the molecule is CCCOCc1noc(-c2cn[nH]c2N)n1. The van der Waals surface area contributed by atoms with Crippen molar-refractivity contribution >= 4 is 5.82 Å². The molecule has 0 fully saturated rings. The lowest BCUT2D eigenvalue weighted by Crippen LogP contribution is -1.95. The van der Waals surface area contributed by atoms with Crippen LogP contribution in [0.25, 0.3) is 11.5 Å². The van der Waals surface area contributed by atoms with Gasteiger partial charge in [-0.15, -0.1) is 0 Å². The Morgan fingerprint density at radius 1 is 1.56 bits per heavy atom. The van der Waals surface area contributed by atoms with Crippen molar-refractivity contribution in [3.8, 4) is 11.5 Å². The van der Waals surface area contributed by atoms with Crippen molar-refractivity contribution in [2.45, 2.75) is 20.0 Å². The minimum atomic E-state index is 0.342. The van der Waals surface area contributed by atoms with Crippen molar-refractivity contribution in [2.75, 3.05) is 12.3 Å². The number of aromatic amines is 1. The maximum absolute atomic E-state index is 5.63. The second kappa shape index (κ2) is 4.75. The maximum atomic E-state index is 5.63. The second-order valence-corrected chi connectivity index (χ2v) is 3.27. The van der Waals surface area contributed by atoms with E-state index < -0.39 is 0 Å². The topological polar surface area (TPSA) is 103 Å². The van der Waals surface area contributed by atoms with Crippen LogP contribution < -0.4 is 5.73 Å². The van der Waals surface area contributed by atoms with Crippen LogP contribution in [0.4, 0.5) is 5.82 Å². The van der Waals surface area contributed by atoms with Gasteiger partial charge in [-0.2, -0.15) is 10.1 Å². The Labute approximate surface area is 92.0 Å². The van der Waals surface area contributed by atoms with Gasteiger partial charge < -0.3 is 15.0 Å². The van der Waals surface area contributed by atoms with E-state index in [1.54, 1.807) is 6.20 Å².